The minimum atomic E-state index is -1.85. The average Bonchev–Trinajstić information content (AvgIpc) is 3.73. The number of aromatic carboxylic acids is 1. The van der Waals surface area contributed by atoms with Crippen LogP contribution in [0.1, 0.15) is 27.7 Å². The van der Waals surface area contributed by atoms with Crippen LogP contribution >= 0.6 is 34.9 Å². The fraction of sp³-hybridized carbons (Fsp3) is 0.192. The molecular formula is C26H20N10O11S3. The summed E-state index contributed by atoms with van der Waals surface area (Å²) in [5, 5.41) is 70.3. The minimum absolute atomic E-state index is 0.00475. The first-order chi connectivity index (χ1) is 23.8. The Bertz CT molecular complexity index is 2150. The molecule has 21 nitrogen and oxygen atoms in total. The second kappa shape index (κ2) is 13.5. The molecule has 0 aliphatic carbocycles. The van der Waals surface area contributed by atoms with E-state index in [-0.39, 0.29) is 49.8 Å². The maximum Gasteiger partial charge on any atom is 0.352 e. The standard InChI is InChI=1S/C26H20N10O11S3/c27-26-28-11(7-50-26)15(32-47-18(25(45)46)8-1-2-12(37)13(38)3-8)20(39)29-16-21(40)35-17(24(43)44)9(6-49-22(16)35)5-48-14-4-10(23(41)42)19-30-33-34-36(19)31-14/h1-4,7,16,18,22,37-38H,5-6H2,(H2,27,28)(H,29,39)(H,41,42)(H,43,44)(H,45,46)/t16-,18?,22-/m1/s1. The number of nitrogen functional groups attached to an aromatic ring is 1. The number of carbonyl (C=O) groups excluding carboxylic acids is 2. The molecule has 2 aliphatic rings. The number of tetrazole rings is 1. The summed E-state index contributed by atoms with van der Waals surface area (Å²) >= 11 is 3.09. The fourth-order valence-corrected chi connectivity index (χ4v) is 7.69. The lowest BCUT2D eigenvalue weighted by atomic mass is 10.0. The predicted octanol–water partition coefficient (Wildman–Crippen LogP) is -0.255. The molecule has 50 heavy (non-hydrogen) atoms. The first kappa shape index (κ1) is 33.9. The molecule has 24 heteroatoms. The van der Waals surface area contributed by atoms with Gasteiger partial charge >= 0.3 is 17.9 Å². The molecule has 0 saturated carbocycles. The second-order valence-electron chi connectivity index (χ2n) is 10.2. The number of phenolic OH excluding ortho intramolecular Hbond substituents is 2. The Morgan fingerprint density at radius 3 is 2.58 bits per heavy atom. The number of amides is 2. The van der Waals surface area contributed by atoms with Gasteiger partial charge in [0.05, 0.1) is 0 Å². The highest BCUT2D eigenvalue weighted by Crippen LogP contribution is 2.41. The summed E-state index contributed by atoms with van der Waals surface area (Å²) in [5.74, 6) is -7.08. The van der Waals surface area contributed by atoms with E-state index in [0.29, 0.717) is 5.57 Å². The van der Waals surface area contributed by atoms with Crippen LogP contribution < -0.4 is 11.1 Å². The van der Waals surface area contributed by atoms with Crippen molar-refractivity contribution in [2.24, 2.45) is 5.16 Å². The highest BCUT2D eigenvalue weighted by atomic mass is 32.2. The molecule has 5 heterocycles. The first-order valence-electron chi connectivity index (χ1n) is 13.7. The Morgan fingerprint density at radius 2 is 1.92 bits per heavy atom. The molecule has 2 aliphatic heterocycles. The molecule has 1 fully saturated rings. The molecule has 4 aromatic rings. The van der Waals surface area contributed by atoms with Crippen molar-refractivity contribution >= 4 is 81.1 Å². The molecule has 258 valence electrons. The Morgan fingerprint density at radius 1 is 1.14 bits per heavy atom. The third-order valence-corrected chi connectivity index (χ3v) is 10.1. The molecule has 1 aromatic carbocycles. The number of nitrogens with one attached hydrogen (secondary N) is 1. The maximum atomic E-state index is 13.5. The topological polar surface area (TPSA) is 318 Å². The lowest BCUT2D eigenvalue weighted by Gasteiger charge is -2.49. The van der Waals surface area contributed by atoms with Crippen LogP contribution in [-0.4, -0.2) is 119 Å². The van der Waals surface area contributed by atoms with E-state index in [1.54, 1.807) is 0 Å². The molecule has 1 unspecified atom stereocenters. The zero-order valence-corrected chi connectivity index (χ0v) is 27.0. The van der Waals surface area contributed by atoms with Gasteiger partial charge in [0.2, 0.25) is 11.8 Å². The van der Waals surface area contributed by atoms with E-state index >= 15 is 0 Å². The number of aliphatic carboxylic acids is 2. The molecule has 3 aromatic heterocycles. The summed E-state index contributed by atoms with van der Waals surface area (Å²) in [7, 11) is 0. The summed E-state index contributed by atoms with van der Waals surface area (Å²) < 4.78 is 0.929. The average molecular weight is 745 g/mol. The number of thioether (sulfide) groups is 2. The number of carboxylic acids is 3. The van der Waals surface area contributed by atoms with E-state index in [2.05, 4.69) is 36.1 Å². The minimum Gasteiger partial charge on any atom is -0.504 e. The van der Waals surface area contributed by atoms with Crippen molar-refractivity contribution in [3.63, 3.8) is 0 Å². The molecule has 8 N–H and O–H groups in total. The number of hydrogen-bond acceptors (Lipinski definition) is 18. The zero-order valence-electron chi connectivity index (χ0n) is 24.6. The Hall–Kier alpha value is -6.01. The molecule has 0 bridgehead atoms. The number of nitrogens with two attached hydrogens (primary N) is 1. The Labute approximate surface area is 289 Å². The van der Waals surface area contributed by atoms with Crippen LogP contribution in [0.5, 0.6) is 11.5 Å². The van der Waals surface area contributed by atoms with Gasteiger partial charge in [-0.25, -0.2) is 19.4 Å². The van der Waals surface area contributed by atoms with Crippen molar-refractivity contribution in [3.05, 3.63) is 57.7 Å². The van der Waals surface area contributed by atoms with Gasteiger partial charge in [0, 0.05) is 22.4 Å². The van der Waals surface area contributed by atoms with Crippen LogP contribution in [0.15, 0.2) is 51.1 Å². The monoisotopic (exact) mass is 744 g/mol. The number of carbonyl (C=O) groups is 5. The molecule has 0 spiro atoms. The smallest absolute Gasteiger partial charge is 0.352 e. The van der Waals surface area contributed by atoms with E-state index in [9.17, 15) is 49.5 Å². The molecule has 6 rings (SSSR count). The van der Waals surface area contributed by atoms with Gasteiger partial charge in [-0.2, -0.15) is 0 Å². The highest BCUT2D eigenvalue weighted by molar-refractivity contribution is 8.01. The summed E-state index contributed by atoms with van der Waals surface area (Å²) in [5.41, 5.74) is 4.62. The van der Waals surface area contributed by atoms with Gasteiger partial charge in [-0.1, -0.05) is 23.0 Å². The number of β-lactam (4-membered cyclic amide) rings is 1. The number of rotatable bonds is 12. The van der Waals surface area contributed by atoms with Crippen molar-refractivity contribution in [2.45, 2.75) is 22.5 Å². The van der Waals surface area contributed by atoms with E-state index in [1.165, 1.54) is 11.4 Å². The van der Waals surface area contributed by atoms with Gasteiger partial charge < -0.3 is 41.4 Å². The quantitative estimate of drug-likeness (QED) is 0.0323. The van der Waals surface area contributed by atoms with E-state index in [0.717, 1.165) is 62.6 Å². The number of hydrogen-bond donors (Lipinski definition) is 7. The normalized spacial score (nSPS) is 18.0. The van der Waals surface area contributed by atoms with Crippen LogP contribution in [0.2, 0.25) is 0 Å². The maximum absolute atomic E-state index is 13.5. The predicted molar refractivity (Wildman–Crippen MR) is 170 cm³/mol. The number of nitrogens with zero attached hydrogens (tertiary/aromatic N) is 8. The van der Waals surface area contributed by atoms with Crippen LogP contribution in [0.25, 0.3) is 5.65 Å². The fourth-order valence-electron chi connectivity index (χ4n) is 4.77. The number of anilines is 1. The summed E-state index contributed by atoms with van der Waals surface area (Å²) in [4.78, 5) is 73.0. The second-order valence-corrected chi connectivity index (χ2v) is 13.2. The number of benzene rings is 1. The number of aromatic hydroxyl groups is 2. The number of fused-ring (bicyclic) bond motifs is 2. The van der Waals surface area contributed by atoms with E-state index in [1.807, 2.05) is 0 Å². The summed E-state index contributed by atoms with van der Waals surface area (Å²) in [6.45, 7) is 0. The van der Waals surface area contributed by atoms with Gasteiger partial charge in [-0.05, 0) is 34.2 Å². The van der Waals surface area contributed by atoms with Crippen LogP contribution in [-0.2, 0) is 24.0 Å². The number of aromatic nitrogens is 6. The number of carboxylic acid groups (broad SMARTS) is 3. The van der Waals surface area contributed by atoms with Crippen molar-refractivity contribution in [1.29, 1.82) is 0 Å². The van der Waals surface area contributed by atoms with Crippen molar-refractivity contribution < 1.29 is 54.3 Å². The van der Waals surface area contributed by atoms with Crippen molar-refractivity contribution in [3.8, 4) is 11.5 Å². The van der Waals surface area contributed by atoms with Gasteiger partial charge in [0.15, 0.2) is 22.3 Å². The Kier molecular flexibility index (Phi) is 9.13. The third kappa shape index (κ3) is 6.40. The van der Waals surface area contributed by atoms with Crippen molar-refractivity contribution in [2.75, 3.05) is 17.2 Å². The molecular weight excluding hydrogens is 725 g/mol. The summed E-state index contributed by atoms with van der Waals surface area (Å²) in [6.07, 6.45) is -1.85. The third-order valence-electron chi connectivity index (χ3n) is 7.07. The zero-order chi connectivity index (χ0) is 35.9. The van der Waals surface area contributed by atoms with Crippen LogP contribution in [0, 0.1) is 0 Å². The lowest BCUT2D eigenvalue weighted by Crippen LogP contribution is -2.71. The van der Waals surface area contributed by atoms with Gasteiger partial charge in [-0.3, -0.25) is 14.5 Å². The number of thiazole rings is 1. The summed E-state index contributed by atoms with van der Waals surface area (Å²) in [6, 6.07) is 3.13. The van der Waals surface area contributed by atoms with Crippen molar-refractivity contribution in [1.82, 2.24) is 40.5 Å². The SMILES string of the molecule is Nc1nc(C(=NOC(C(=O)O)c2ccc(O)c(O)c2)C(=O)N[C@@H]2C(=O)N3C(C(=O)O)=C(CSc4cc(C(=O)O)c5nnnn5n4)CS[C@H]23)cs1. The van der Waals surface area contributed by atoms with Gasteiger partial charge in [0.25, 0.3) is 11.8 Å². The van der Waals surface area contributed by atoms with Crippen LogP contribution in [0.3, 0.4) is 0 Å². The molecule has 0 radical (unpaired) electrons. The molecule has 2 amide bonds. The Balaban J connectivity index is 1.20. The first-order valence-corrected chi connectivity index (χ1v) is 16.6. The van der Waals surface area contributed by atoms with Gasteiger partial charge in [0.1, 0.15) is 33.4 Å². The largest absolute Gasteiger partial charge is 0.504 e. The van der Waals surface area contributed by atoms with Gasteiger partial charge in [-0.15, -0.1) is 37.9 Å². The van der Waals surface area contributed by atoms with E-state index < -0.39 is 64.5 Å². The molecule has 3 atom stereocenters. The van der Waals surface area contributed by atoms with Crippen LogP contribution in [0.4, 0.5) is 5.13 Å². The van der Waals surface area contributed by atoms with E-state index in [4.69, 9.17) is 10.6 Å². The number of phenols is 2. The lowest BCUT2D eigenvalue weighted by molar-refractivity contribution is -0.151. The number of oxime groups is 1. The molecule has 1 saturated heterocycles. The highest BCUT2D eigenvalue weighted by Gasteiger charge is 2.54.